The van der Waals surface area contributed by atoms with Crippen LogP contribution in [-0.4, -0.2) is 23.3 Å². The molecule has 0 radical (unpaired) electrons. The average Bonchev–Trinajstić information content (AvgIpc) is 3.04. The molecule has 27 heavy (non-hydrogen) atoms. The maximum atomic E-state index is 12.5. The Morgan fingerprint density at radius 3 is 2.85 bits per heavy atom. The SMILES string of the molecule is CC(=O)Nc1cccc(-c2nc(C(=O)NCCC3=CCCCC3)c(C)s2)c1. The summed E-state index contributed by atoms with van der Waals surface area (Å²) in [5.74, 6) is -0.236. The van der Waals surface area contributed by atoms with Crippen LogP contribution in [-0.2, 0) is 4.79 Å². The fourth-order valence-corrected chi connectivity index (χ4v) is 4.12. The van der Waals surface area contributed by atoms with Gasteiger partial charge in [0.25, 0.3) is 5.91 Å². The summed E-state index contributed by atoms with van der Waals surface area (Å²) in [5.41, 5.74) is 3.55. The summed E-state index contributed by atoms with van der Waals surface area (Å²) in [7, 11) is 0. The van der Waals surface area contributed by atoms with Gasteiger partial charge in [-0.1, -0.05) is 23.8 Å². The van der Waals surface area contributed by atoms with E-state index in [0.717, 1.165) is 40.4 Å². The first-order valence-corrected chi connectivity index (χ1v) is 10.2. The van der Waals surface area contributed by atoms with Crippen LogP contribution in [0.3, 0.4) is 0 Å². The van der Waals surface area contributed by atoms with E-state index in [4.69, 9.17) is 0 Å². The molecule has 1 aromatic carbocycles. The number of hydrogen-bond donors (Lipinski definition) is 2. The van der Waals surface area contributed by atoms with Crippen molar-refractivity contribution in [3.63, 3.8) is 0 Å². The molecule has 1 aliphatic carbocycles. The van der Waals surface area contributed by atoms with Gasteiger partial charge in [0.05, 0.1) is 0 Å². The molecular formula is C21H25N3O2S. The van der Waals surface area contributed by atoms with Crippen molar-refractivity contribution in [3.8, 4) is 10.6 Å². The topological polar surface area (TPSA) is 71.1 Å². The highest BCUT2D eigenvalue weighted by Gasteiger charge is 2.16. The third kappa shape index (κ3) is 5.26. The average molecular weight is 384 g/mol. The van der Waals surface area contributed by atoms with E-state index in [1.54, 1.807) is 0 Å². The van der Waals surface area contributed by atoms with Gasteiger partial charge >= 0.3 is 0 Å². The first kappa shape index (κ1) is 19.3. The third-order valence-electron chi connectivity index (χ3n) is 4.56. The zero-order valence-corrected chi connectivity index (χ0v) is 16.6. The Bertz CT molecular complexity index is 870. The molecule has 0 saturated heterocycles. The predicted octanol–water partition coefficient (Wildman–Crippen LogP) is 4.70. The van der Waals surface area contributed by atoms with Crippen molar-refractivity contribution >= 4 is 28.8 Å². The Balaban J connectivity index is 1.66. The highest BCUT2D eigenvalue weighted by Crippen LogP contribution is 2.29. The maximum absolute atomic E-state index is 12.5. The minimum absolute atomic E-state index is 0.115. The van der Waals surface area contributed by atoms with E-state index < -0.39 is 0 Å². The van der Waals surface area contributed by atoms with Crippen LogP contribution in [0.25, 0.3) is 10.6 Å². The van der Waals surface area contributed by atoms with Crippen molar-refractivity contribution in [2.75, 3.05) is 11.9 Å². The fourth-order valence-electron chi connectivity index (χ4n) is 3.22. The van der Waals surface area contributed by atoms with Gasteiger partial charge in [-0.3, -0.25) is 9.59 Å². The van der Waals surface area contributed by atoms with Crippen molar-refractivity contribution in [1.29, 1.82) is 0 Å². The molecular weight excluding hydrogens is 358 g/mol. The van der Waals surface area contributed by atoms with Crippen LogP contribution in [0.15, 0.2) is 35.9 Å². The standard InChI is InChI=1S/C21H25N3O2S/c1-14-19(20(26)22-12-11-16-7-4-3-5-8-16)24-21(27-14)17-9-6-10-18(13-17)23-15(2)25/h6-7,9-10,13H,3-5,8,11-12H2,1-2H3,(H,22,26)(H,23,25). The number of thiazole rings is 1. The molecule has 2 amide bonds. The minimum atomic E-state index is -0.121. The number of nitrogens with zero attached hydrogens (tertiary/aromatic N) is 1. The van der Waals surface area contributed by atoms with E-state index in [9.17, 15) is 9.59 Å². The summed E-state index contributed by atoms with van der Waals surface area (Å²) < 4.78 is 0. The Labute approximate surface area is 163 Å². The number of rotatable bonds is 6. The Morgan fingerprint density at radius 1 is 1.26 bits per heavy atom. The van der Waals surface area contributed by atoms with E-state index in [1.165, 1.54) is 36.7 Å². The van der Waals surface area contributed by atoms with Crippen molar-refractivity contribution in [2.45, 2.75) is 46.0 Å². The van der Waals surface area contributed by atoms with Gasteiger partial charge in [0, 0.05) is 29.6 Å². The second-order valence-electron chi connectivity index (χ2n) is 6.80. The quantitative estimate of drug-likeness (QED) is 0.711. The number of aryl methyl sites for hydroxylation is 1. The zero-order chi connectivity index (χ0) is 19.2. The van der Waals surface area contributed by atoms with E-state index in [1.807, 2.05) is 31.2 Å². The molecule has 142 valence electrons. The molecule has 1 aromatic heterocycles. The molecule has 0 atom stereocenters. The summed E-state index contributed by atoms with van der Waals surface area (Å²) in [4.78, 5) is 29.2. The van der Waals surface area contributed by atoms with Crippen LogP contribution in [0.4, 0.5) is 5.69 Å². The van der Waals surface area contributed by atoms with Crippen molar-refractivity contribution in [1.82, 2.24) is 10.3 Å². The van der Waals surface area contributed by atoms with Gasteiger partial charge in [-0.25, -0.2) is 4.98 Å². The molecule has 0 fully saturated rings. The monoisotopic (exact) mass is 383 g/mol. The summed E-state index contributed by atoms with van der Waals surface area (Å²) in [6.45, 7) is 4.04. The molecule has 0 saturated carbocycles. The van der Waals surface area contributed by atoms with Gasteiger partial charge in [-0.2, -0.15) is 0 Å². The van der Waals surface area contributed by atoms with Crippen LogP contribution in [0.2, 0.25) is 0 Å². The summed E-state index contributed by atoms with van der Waals surface area (Å²) in [5, 5.41) is 6.55. The molecule has 0 aliphatic heterocycles. The number of allylic oxidation sites excluding steroid dienone is 1. The minimum Gasteiger partial charge on any atom is -0.350 e. The number of amides is 2. The van der Waals surface area contributed by atoms with E-state index in [0.29, 0.717) is 12.2 Å². The number of nitrogens with one attached hydrogen (secondary N) is 2. The highest BCUT2D eigenvalue weighted by molar-refractivity contribution is 7.15. The number of carbonyl (C=O) groups is 2. The lowest BCUT2D eigenvalue weighted by Crippen LogP contribution is -2.25. The summed E-state index contributed by atoms with van der Waals surface area (Å²) in [6, 6.07) is 7.51. The lowest BCUT2D eigenvalue weighted by Gasteiger charge is -2.12. The number of aromatic nitrogens is 1. The van der Waals surface area contributed by atoms with Gasteiger partial charge < -0.3 is 10.6 Å². The number of hydrogen-bond acceptors (Lipinski definition) is 4. The van der Waals surface area contributed by atoms with Crippen LogP contribution in [0.5, 0.6) is 0 Å². The summed E-state index contributed by atoms with van der Waals surface area (Å²) >= 11 is 1.49. The molecule has 1 aliphatic rings. The van der Waals surface area contributed by atoms with Gasteiger partial charge in [-0.15, -0.1) is 11.3 Å². The largest absolute Gasteiger partial charge is 0.350 e. The molecule has 0 spiro atoms. The Hall–Kier alpha value is -2.47. The van der Waals surface area contributed by atoms with E-state index in [-0.39, 0.29) is 11.8 Å². The van der Waals surface area contributed by atoms with Crippen molar-refractivity contribution < 1.29 is 9.59 Å². The molecule has 0 unspecified atom stereocenters. The van der Waals surface area contributed by atoms with Crippen LogP contribution in [0, 0.1) is 6.92 Å². The van der Waals surface area contributed by atoms with Gasteiger partial charge in [-0.05, 0) is 51.2 Å². The second-order valence-corrected chi connectivity index (χ2v) is 8.00. The van der Waals surface area contributed by atoms with Gasteiger partial charge in [0.1, 0.15) is 10.7 Å². The Kier molecular flexibility index (Phi) is 6.40. The number of carbonyl (C=O) groups excluding carboxylic acids is 2. The third-order valence-corrected chi connectivity index (χ3v) is 5.58. The van der Waals surface area contributed by atoms with Crippen LogP contribution >= 0.6 is 11.3 Å². The van der Waals surface area contributed by atoms with Gasteiger partial charge in [0.15, 0.2) is 0 Å². The fraction of sp³-hybridized carbons (Fsp3) is 0.381. The first-order chi connectivity index (χ1) is 13.0. The predicted molar refractivity (Wildman–Crippen MR) is 110 cm³/mol. The molecule has 1 heterocycles. The second kappa shape index (κ2) is 8.95. The number of anilines is 1. The van der Waals surface area contributed by atoms with E-state index >= 15 is 0 Å². The molecule has 2 aromatic rings. The lowest BCUT2D eigenvalue weighted by atomic mass is 9.97. The first-order valence-electron chi connectivity index (χ1n) is 9.34. The molecule has 5 nitrogen and oxygen atoms in total. The smallest absolute Gasteiger partial charge is 0.271 e. The lowest BCUT2D eigenvalue weighted by molar-refractivity contribution is -0.114. The normalized spacial score (nSPS) is 13.8. The van der Waals surface area contributed by atoms with Crippen LogP contribution in [0.1, 0.15) is 54.4 Å². The van der Waals surface area contributed by atoms with Crippen LogP contribution < -0.4 is 10.6 Å². The molecule has 3 rings (SSSR count). The Morgan fingerprint density at radius 2 is 2.11 bits per heavy atom. The maximum Gasteiger partial charge on any atom is 0.271 e. The van der Waals surface area contributed by atoms with Crippen molar-refractivity contribution in [3.05, 3.63) is 46.5 Å². The van der Waals surface area contributed by atoms with Gasteiger partial charge in [0.2, 0.25) is 5.91 Å². The zero-order valence-electron chi connectivity index (χ0n) is 15.8. The molecule has 0 bridgehead atoms. The van der Waals surface area contributed by atoms with Crippen molar-refractivity contribution in [2.24, 2.45) is 0 Å². The highest BCUT2D eigenvalue weighted by atomic mass is 32.1. The summed E-state index contributed by atoms with van der Waals surface area (Å²) in [6.07, 6.45) is 8.08. The van der Waals surface area contributed by atoms with E-state index in [2.05, 4.69) is 21.7 Å². The number of benzene rings is 1. The molecule has 6 heteroatoms. The molecule has 2 N–H and O–H groups in total.